The monoisotopic (exact) mass is 400 g/mol. The average molecular weight is 400 g/mol. The Bertz CT molecular complexity index is 1330. The molecule has 0 saturated carbocycles. The van der Waals surface area contributed by atoms with Gasteiger partial charge in [0.15, 0.2) is 11.6 Å². The van der Waals surface area contributed by atoms with Crippen molar-refractivity contribution in [2.24, 2.45) is 0 Å². The van der Waals surface area contributed by atoms with E-state index in [4.69, 9.17) is 0 Å². The van der Waals surface area contributed by atoms with E-state index in [-0.39, 0.29) is 22.2 Å². The Morgan fingerprint density at radius 2 is 1.76 bits per heavy atom. The predicted molar refractivity (Wildman–Crippen MR) is 101 cm³/mol. The maximum atomic E-state index is 13.8. The van der Waals surface area contributed by atoms with Crippen LogP contribution in [0.2, 0.25) is 0 Å². The topological polar surface area (TPSA) is 81.8 Å². The fourth-order valence-electron chi connectivity index (χ4n) is 3.26. The first-order chi connectivity index (χ1) is 13.8. The van der Waals surface area contributed by atoms with Crippen molar-refractivity contribution in [3.8, 4) is 0 Å². The number of aromatic nitrogens is 3. The van der Waals surface area contributed by atoms with Gasteiger partial charge in [-0.15, -0.1) is 0 Å². The molecule has 1 unspecified atom stereocenters. The third kappa shape index (κ3) is 3.14. The van der Waals surface area contributed by atoms with Crippen LogP contribution in [0.3, 0.4) is 0 Å². The van der Waals surface area contributed by atoms with Crippen molar-refractivity contribution in [3.63, 3.8) is 0 Å². The molecule has 0 aliphatic rings. The first kappa shape index (κ1) is 18.7. The van der Waals surface area contributed by atoms with E-state index in [1.54, 1.807) is 6.92 Å². The number of hydrogen-bond acceptors (Lipinski definition) is 3. The maximum absolute atomic E-state index is 13.8. The van der Waals surface area contributed by atoms with Gasteiger partial charge in [0.1, 0.15) is 11.5 Å². The quantitative estimate of drug-likeness (QED) is 0.551. The SMILES string of the molecule is CC(c1n[nH]c(=O)c2cc(F)c(F)cc12)N(C)C(=O)c1cc2cc(F)ccc2[nH]1. The highest BCUT2D eigenvalue weighted by atomic mass is 19.2. The molecule has 148 valence electrons. The van der Waals surface area contributed by atoms with Crippen LogP contribution < -0.4 is 5.56 Å². The number of benzene rings is 2. The van der Waals surface area contributed by atoms with E-state index in [2.05, 4.69) is 15.2 Å². The summed E-state index contributed by atoms with van der Waals surface area (Å²) in [7, 11) is 1.51. The zero-order valence-electron chi connectivity index (χ0n) is 15.4. The van der Waals surface area contributed by atoms with E-state index < -0.39 is 35.0 Å². The van der Waals surface area contributed by atoms with E-state index in [9.17, 15) is 22.8 Å². The Kier molecular flexibility index (Phi) is 4.37. The van der Waals surface area contributed by atoms with E-state index >= 15 is 0 Å². The molecule has 1 amide bonds. The molecule has 0 aliphatic heterocycles. The lowest BCUT2D eigenvalue weighted by Crippen LogP contribution is -2.31. The largest absolute Gasteiger partial charge is 0.351 e. The van der Waals surface area contributed by atoms with Crippen LogP contribution in [0.5, 0.6) is 0 Å². The zero-order valence-corrected chi connectivity index (χ0v) is 15.4. The molecule has 2 aromatic heterocycles. The molecular weight excluding hydrogens is 385 g/mol. The minimum atomic E-state index is -1.15. The fraction of sp³-hybridized carbons (Fsp3) is 0.150. The minimum absolute atomic E-state index is 0.0670. The van der Waals surface area contributed by atoms with Crippen molar-refractivity contribution in [2.75, 3.05) is 7.05 Å². The van der Waals surface area contributed by atoms with Gasteiger partial charge in [-0.2, -0.15) is 5.10 Å². The Labute approximate surface area is 162 Å². The van der Waals surface area contributed by atoms with Crippen molar-refractivity contribution in [3.05, 3.63) is 75.6 Å². The minimum Gasteiger partial charge on any atom is -0.351 e. The predicted octanol–water partition coefficient (Wildman–Crippen LogP) is 3.65. The summed E-state index contributed by atoms with van der Waals surface area (Å²) in [5, 5.41) is 6.78. The molecular formula is C20H15F3N4O2. The average Bonchev–Trinajstić information content (AvgIpc) is 3.11. The molecule has 6 nitrogen and oxygen atoms in total. The lowest BCUT2D eigenvalue weighted by Gasteiger charge is -2.24. The van der Waals surface area contributed by atoms with Crippen molar-refractivity contribution in [1.82, 2.24) is 20.1 Å². The van der Waals surface area contributed by atoms with Gasteiger partial charge in [0.25, 0.3) is 11.5 Å². The number of carbonyl (C=O) groups is 1. The van der Waals surface area contributed by atoms with E-state index in [1.807, 2.05) is 0 Å². The summed E-state index contributed by atoms with van der Waals surface area (Å²) < 4.78 is 40.7. The van der Waals surface area contributed by atoms with Gasteiger partial charge in [0.05, 0.1) is 17.1 Å². The molecule has 29 heavy (non-hydrogen) atoms. The molecule has 4 aromatic rings. The maximum Gasteiger partial charge on any atom is 0.272 e. The third-order valence-corrected chi connectivity index (χ3v) is 4.97. The van der Waals surface area contributed by atoms with Crippen LogP contribution in [0.1, 0.15) is 29.1 Å². The fourth-order valence-corrected chi connectivity index (χ4v) is 3.26. The summed E-state index contributed by atoms with van der Waals surface area (Å²) in [5.41, 5.74) is 0.366. The molecule has 0 radical (unpaired) electrons. The molecule has 0 bridgehead atoms. The van der Waals surface area contributed by atoms with Crippen LogP contribution in [0, 0.1) is 17.5 Å². The number of nitrogens with one attached hydrogen (secondary N) is 2. The van der Waals surface area contributed by atoms with Gasteiger partial charge in [0, 0.05) is 23.3 Å². The van der Waals surface area contributed by atoms with Crippen LogP contribution in [0.4, 0.5) is 13.2 Å². The second-order valence-corrected chi connectivity index (χ2v) is 6.76. The molecule has 4 rings (SSSR count). The van der Waals surface area contributed by atoms with Gasteiger partial charge < -0.3 is 9.88 Å². The molecule has 0 fully saturated rings. The molecule has 9 heteroatoms. The summed E-state index contributed by atoms with van der Waals surface area (Å²) in [4.78, 5) is 29.1. The van der Waals surface area contributed by atoms with Crippen molar-refractivity contribution < 1.29 is 18.0 Å². The van der Waals surface area contributed by atoms with Crippen LogP contribution in [0.25, 0.3) is 21.7 Å². The lowest BCUT2D eigenvalue weighted by atomic mass is 10.1. The second kappa shape index (κ2) is 6.77. The third-order valence-electron chi connectivity index (χ3n) is 4.97. The van der Waals surface area contributed by atoms with Gasteiger partial charge in [0.2, 0.25) is 0 Å². The number of fused-ring (bicyclic) bond motifs is 2. The normalized spacial score (nSPS) is 12.4. The Hall–Kier alpha value is -3.62. The number of H-pyrrole nitrogens is 2. The Morgan fingerprint density at radius 1 is 1.07 bits per heavy atom. The van der Waals surface area contributed by atoms with Crippen molar-refractivity contribution in [2.45, 2.75) is 13.0 Å². The summed E-state index contributed by atoms with van der Waals surface area (Å²) in [6, 6.07) is 6.65. The van der Waals surface area contributed by atoms with Crippen molar-refractivity contribution >= 4 is 27.6 Å². The molecule has 2 aromatic carbocycles. The number of halogens is 3. The highest BCUT2D eigenvalue weighted by Crippen LogP contribution is 2.27. The molecule has 2 heterocycles. The summed E-state index contributed by atoms with van der Waals surface area (Å²) in [6.45, 7) is 1.64. The van der Waals surface area contributed by atoms with E-state index in [1.165, 1.54) is 36.2 Å². The van der Waals surface area contributed by atoms with Crippen LogP contribution in [-0.4, -0.2) is 33.0 Å². The van der Waals surface area contributed by atoms with Gasteiger partial charge in [-0.05, 0) is 43.3 Å². The van der Waals surface area contributed by atoms with Crippen LogP contribution in [0.15, 0.2) is 41.2 Å². The number of hydrogen-bond donors (Lipinski definition) is 2. The standard InChI is InChI=1S/C20H15F3N4O2/c1-9(18-12-7-14(22)15(23)8-13(12)19(28)26-25-18)27(2)20(29)17-6-10-5-11(21)3-4-16(10)24-17/h3-9,24H,1-2H3,(H,26,28). The Morgan fingerprint density at radius 3 is 2.48 bits per heavy atom. The Balaban J connectivity index is 1.74. The highest BCUT2D eigenvalue weighted by Gasteiger charge is 2.24. The number of nitrogens with zero attached hydrogens (tertiary/aromatic N) is 2. The summed E-state index contributed by atoms with van der Waals surface area (Å²) in [5.74, 6) is -3.11. The molecule has 0 spiro atoms. The van der Waals surface area contributed by atoms with Gasteiger partial charge in [-0.3, -0.25) is 9.59 Å². The van der Waals surface area contributed by atoms with Crippen LogP contribution >= 0.6 is 0 Å². The van der Waals surface area contributed by atoms with Gasteiger partial charge >= 0.3 is 0 Å². The second-order valence-electron chi connectivity index (χ2n) is 6.76. The number of aromatic amines is 2. The molecule has 0 saturated heterocycles. The number of carbonyl (C=O) groups excluding carboxylic acids is 1. The molecule has 2 N–H and O–H groups in total. The zero-order chi connectivity index (χ0) is 20.9. The first-order valence-electron chi connectivity index (χ1n) is 8.69. The van der Waals surface area contributed by atoms with Crippen molar-refractivity contribution in [1.29, 1.82) is 0 Å². The first-order valence-corrected chi connectivity index (χ1v) is 8.69. The molecule has 0 aliphatic carbocycles. The summed E-state index contributed by atoms with van der Waals surface area (Å²) >= 11 is 0. The van der Waals surface area contributed by atoms with Gasteiger partial charge in [-0.1, -0.05) is 0 Å². The molecule has 1 atom stereocenters. The number of amides is 1. The smallest absolute Gasteiger partial charge is 0.272 e. The highest BCUT2D eigenvalue weighted by molar-refractivity contribution is 5.98. The van der Waals surface area contributed by atoms with E-state index in [0.29, 0.717) is 10.9 Å². The number of rotatable bonds is 3. The lowest BCUT2D eigenvalue weighted by molar-refractivity contribution is 0.0735. The van der Waals surface area contributed by atoms with Gasteiger partial charge in [-0.25, -0.2) is 18.3 Å². The summed E-state index contributed by atoms with van der Waals surface area (Å²) in [6.07, 6.45) is 0. The van der Waals surface area contributed by atoms with Crippen LogP contribution in [-0.2, 0) is 0 Å². The van der Waals surface area contributed by atoms with E-state index in [0.717, 1.165) is 12.1 Å².